The monoisotopic (exact) mass is 181 g/mol. The SMILES string of the molecule is CC1=N[C@]2(C)C(=O)NC(=O)[C@]2(C)N1. The Morgan fingerprint density at radius 2 is 1.85 bits per heavy atom. The number of nitrogens with zero attached hydrogens (tertiary/aromatic N) is 1. The number of fused-ring (bicyclic) bond motifs is 1. The van der Waals surface area contributed by atoms with Gasteiger partial charge in [-0.25, -0.2) is 0 Å². The van der Waals surface area contributed by atoms with Crippen molar-refractivity contribution in [3.8, 4) is 0 Å². The first-order chi connectivity index (χ1) is 5.90. The number of hydrogen-bond acceptors (Lipinski definition) is 4. The van der Waals surface area contributed by atoms with Gasteiger partial charge in [-0.3, -0.25) is 19.9 Å². The van der Waals surface area contributed by atoms with Crippen LogP contribution < -0.4 is 10.6 Å². The summed E-state index contributed by atoms with van der Waals surface area (Å²) in [5.41, 5.74) is -1.89. The maximum atomic E-state index is 11.5. The number of nitrogens with one attached hydrogen (secondary N) is 2. The van der Waals surface area contributed by atoms with Crippen molar-refractivity contribution in [2.75, 3.05) is 0 Å². The summed E-state index contributed by atoms with van der Waals surface area (Å²) in [6.45, 7) is 5.10. The van der Waals surface area contributed by atoms with Crippen molar-refractivity contribution in [2.24, 2.45) is 4.99 Å². The molecule has 0 saturated carbocycles. The summed E-state index contributed by atoms with van der Waals surface area (Å²) in [6.07, 6.45) is 0. The molecule has 70 valence electrons. The quantitative estimate of drug-likeness (QED) is 0.480. The van der Waals surface area contributed by atoms with E-state index in [1.54, 1.807) is 20.8 Å². The van der Waals surface area contributed by atoms with Crippen LogP contribution in [0.5, 0.6) is 0 Å². The van der Waals surface area contributed by atoms with Crippen LogP contribution in [0.1, 0.15) is 20.8 Å². The van der Waals surface area contributed by atoms with Crippen LogP contribution in [-0.2, 0) is 9.59 Å². The highest BCUT2D eigenvalue weighted by Crippen LogP contribution is 2.35. The molecule has 2 aliphatic rings. The summed E-state index contributed by atoms with van der Waals surface area (Å²) in [6, 6.07) is 0. The second kappa shape index (κ2) is 1.92. The van der Waals surface area contributed by atoms with Crippen molar-refractivity contribution in [1.29, 1.82) is 0 Å². The second-order valence-corrected chi connectivity index (χ2v) is 3.80. The fourth-order valence-electron chi connectivity index (χ4n) is 1.86. The zero-order valence-corrected chi connectivity index (χ0v) is 7.76. The summed E-state index contributed by atoms with van der Waals surface area (Å²) in [5.74, 6) is -0.00171. The van der Waals surface area contributed by atoms with Gasteiger partial charge in [0.15, 0.2) is 5.54 Å². The molecule has 2 amide bonds. The maximum Gasteiger partial charge on any atom is 0.257 e. The van der Waals surface area contributed by atoms with E-state index in [4.69, 9.17) is 0 Å². The van der Waals surface area contributed by atoms with Crippen molar-refractivity contribution in [3.63, 3.8) is 0 Å². The Morgan fingerprint density at radius 1 is 1.23 bits per heavy atom. The molecule has 5 nitrogen and oxygen atoms in total. The number of carbonyl (C=O) groups excluding carboxylic acids is 2. The number of rotatable bonds is 0. The number of imide groups is 1. The molecule has 2 aliphatic heterocycles. The molecular weight excluding hydrogens is 170 g/mol. The van der Waals surface area contributed by atoms with E-state index in [-0.39, 0.29) is 11.8 Å². The maximum absolute atomic E-state index is 11.5. The topological polar surface area (TPSA) is 70.6 Å². The normalized spacial score (nSPS) is 42.5. The summed E-state index contributed by atoms with van der Waals surface area (Å²) >= 11 is 0. The molecule has 0 aromatic heterocycles. The van der Waals surface area contributed by atoms with Gasteiger partial charge in [0.1, 0.15) is 5.54 Å². The molecule has 0 aromatic carbocycles. The molecule has 0 aromatic rings. The molecule has 0 bridgehead atoms. The van der Waals surface area contributed by atoms with E-state index >= 15 is 0 Å². The average molecular weight is 181 g/mol. The van der Waals surface area contributed by atoms with Crippen LogP contribution in [-0.4, -0.2) is 28.7 Å². The van der Waals surface area contributed by atoms with Crippen molar-refractivity contribution in [2.45, 2.75) is 31.8 Å². The van der Waals surface area contributed by atoms with Crippen LogP contribution in [0.15, 0.2) is 4.99 Å². The van der Waals surface area contributed by atoms with E-state index in [9.17, 15) is 9.59 Å². The van der Waals surface area contributed by atoms with Crippen molar-refractivity contribution in [1.82, 2.24) is 10.6 Å². The Morgan fingerprint density at radius 3 is 2.38 bits per heavy atom. The number of amides is 2. The van der Waals surface area contributed by atoms with Crippen LogP contribution in [0.4, 0.5) is 0 Å². The van der Waals surface area contributed by atoms with E-state index in [0.717, 1.165) is 0 Å². The fourth-order valence-corrected chi connectivity index (χ4v) is 1.86. The van der Waals surface area contributed by atoms with Crippen LogP contribution in [0.3, 0.4) is 0 Å². The predicted molar refractivity (Wildman–Crippen MR) is 46.2 cm³/mol. The highest BCUT2D eigenvalue weighted by atomic mass is 16.2. The van der Waals surface area contributed by atoms with E-state index in [2.05, 4.69) is 15.6 Å². The number of hydrogen-bond donors (Lipinski definition) is 2. The van der Waals surface area contributed by atoms with E-state index in [0.29, 0.717) is 5.84 Å². The Balaban J connectivity index is 2.58. The number of carbonyl (C=O) groups is 2. The van der Waals surface area contributed by atoms with Gasteiger partial charge in [0.05, 0.1) is 5.84 Å². The highest BCUT2D eigenvalue weighted by Gasteiger charge is 2.64. The third-order valence-electron chi connectivity index (χ3n) is 2.92. The molecule has 2 atom stereocenters. The largest absolute Gasteiger partial charge is 0.358 e. The molecule has 0 radical (unpaired) electrons. The number of amidine groups is 1. The minimum absolute atomic E-state index is 0.305. The molecule has 2 heterocycles. The Hall–Kier alpha value is -1.39. The molecule has 2 rings (SSSR count). The van der Waals surface area contributed by atoms with Crippen LogP contribution >= 0.6 is 0 Å². The van der Waals surface area contributed by atoms with Gasteiger partial charge < -0.3 is 5.32 Å². The average Bonchev–Trinajstić information content (AvgIpc) is 2.31. The summed E-state index contributed by atoms with van der Waals surface area (Å²) in [5, 5.41) is 5.20. The zero-order chi connectivity index (χ0) is 9.85. The van der Waals surface area contributed by atoms with Gasteiger partial charge in [0.2, 0.25) is 0 Å². The molecule has 0 spiro atoms. The van der Waals surface area contributed by atoms with Gasteiger partial charge >= 0.3 is 0 Å². The summed E-state index contributed by atoms with van der Waals surface area (Å²) < 4.78 is 0. The minimum Gasteiger partial charge on any atom is -0.358 e. The van der Waals surface area contributed by atoms with Gasteiger partial charge in [-0.2, -0.15) is 0 Å². The Kier molecular flexibility index (Phi) is 1.21. The molecule has 1 saturated heterocycles. The molecule has 2 N–H and O–H groups in total. The van der Waals surface area contributed by atoms with E-state index < -0.39 is 11.1 Å². The zero-order valence-electron chi connectivity index (χ0n) is 7.76. The van der Waals surface area contributed by atoms with Gasteiger partial charge in [0, 0.05) is 0 Å². The summed E-state index contributed by atoms with van der Waals surface area (Å²) in [4.78, 5) is 27.1. The van der Waals surface area contributed by atoms with Crippen LogP contribution in [0.2, 0.25) is 0 Å². The standard InChI is InChI=1S/C8H11N3O2/c1-4-10-7(2)5(12)9-6(13)8(7,3)11-4/h1-3H3,(H,10,11)(H,9,12,13)/t7-,8+. The van der Waals surface area contributed by atoms with E-state index in [1.807, 2.05) is 0 Å². The van der Waals surface area contributed by atoms with Crippen molar-refractivity contribution >= 4 is 17.6 Å². The molecule has 13 heavy (non-hydrogen) atoms. The van der Waals surface area contributed by atoms with Gasteiger partial charge in [0.25, 0.3) is 11.8 Å². The third kappa shape index (κ3) is 0.696. The Bertz CT molecular complexity index is 349. The van der Waals surface area contributed by atoms with Crippen molar-refractivity contribution < 1.29 is 9.59 Å². The summed E-state index contributed by atoms with van der Waals surface area (Å²) in [7, 11) is 0. The lowest BCUT2D eigenvalue weighted by atomic mass is 9.83. The lowest BCUT2D eigenvalue weighted by Gasteiger charge is -2.26. The van der Waals surface area contributed by atoms with Crippen LogP contribution in [0, 0.1) is 0 Å². The van der Waals surface area contributed by atoms with E-state index in [1.165, 1.54) is 0 Å². The first-order valence-corrected chi connectivity index (χ1v) is 4.11. The molecular formula is C8H11N3O2. The number of aliphatic imine (C=N–C) groups is 1. The van der Waals surface area contributed by atoms with Gasteiger partial charge in [-0.05, 0) is 20.8 Å². The fraction of sp³-hybridized carbons (Fsp3) is 0.625. The highest BCUT2D eigenvalue weighted by molar-refractivity contribution is 6.18. The lowest BCUT2D eigenvalue weighted by molar-refractivity contribution is -0.126. The molecule has 0 aliphatic carbocycles. The molecule has 5 heteroatoms. The first-order valence-electron chi connectivity index (χ1n) is 4.11. The minimum atomic E-state index is -0.978. The smallest absolute Gasteiger partial charge is 0.257 e. The third-order valence-corrected chi connectivity index (χ3v) is 2.92. The van der Waals surface area contributed by atoms with Crippen molar-refractivity contribution in [3.05, 3.63) is 0 Å². The molecule has 0 unspecified atom stereocenters. The lowest BCUT2D eigenvalue weighted by Crippen LogP contribution is -2.56. The first kappa shape index (κ1) is 8.22. The Labute approximate surface area is 75.6 Å². The van der Waals surface area contributed by atoms with Gasteiger partial charge in [-0.1, -0.05) is 0 Å². The van der Waals surface area contributed by atoms with Gasteiger partial charge in [-0.15, -0.1) is 0 Å². The van der Waals surface area contributed by atoms with Crippen LogP contribution in [0.25, 0.3) is 0 Å². The second-order valence-electron chi connectivity index (χ2n) is 3.80. The molecule has 1 fully saturated rings. The predicted octanol–water partition coefficient (Wildman–Crippen LogP) is -0.818.